The fourth-order valence-corrected chi connectivity index (χ4v) is 2.09. The predicted octanol–water partition coefficient (Wildman–Crippen LogP) is 3.16. The van der Waals surface area contributed by atoms with Crippen LogP contribution in [0.25, 0.3) is 0 Å². The van der Waals surface area contributed by atoms with Crippen LogP contribution in [0.2, 0.25) is 0 Å². The van der Waals surface area contributed by atoms with Crippen LogP contribution in [0.4, 0.5) is 10.1 Å². The van der Waals surface area contributed by atoms with Crippen molar-refractivity contribution in [3.05, 3.63) is 41.5 Å². The average molecular weight is 280 g/mol. The van der Waals surface area contributed by atoms with E-state index in [1.165, 1.54) is 23.9 Å². The van der Waals surface area contributed by atoms with E-state index in [9.17, 15) is 9.18 Å². The highest BCUT2D eigenvalue weighted by atomic mass is 32.2. The SMILES string of the molecule is Cc1nc(SCC(=O)Nc2ccccc2F)oc1C. The maximum Gasteiger partial charge on any atom is 0.256 e. The van der Waals surface area contributed by atoms with Crippen molar-refractivity contribution >= 4 is 23.4 Å². The molecule has 0 saturated heterocycles. The highest BCUT2D eigenvalue weighted by molar-refractivity contribution is 7.99. The molecule has 6 heteroatoms. The first-order valence-corrected chi connectivity index (χ1v) is 6.66. The number of hydrogen-bond donors (Lipinski definition) is 1. The Kier molecular flexibility index (Phi) is 4.21. The molecule has 0 radical (unpaired) electrons. The van der Waals surface area contributed by atoms with Crippen LogP contribution in [0.1, 0.15) is 11.5 Å². The Bertz CT molecular complexity index is 579. The number of oxazole rings is 1. The van der Waals surface area contributed by atoms with Gasteiger partial charge < -0.3 is 9.73 Å². The molecular formula is C13H13FN2O2S. The maximum atomic E-state index is 13.3. The van der Waals surface area contributed by atoms with E-state index in [0.717, 1.165) is 11.5 Å². The topological polar surface area (TPSA) is 55.1 Å². The molecule has 19 heavy (non-hydrogen) atoms. The second-order valence-corrected chi connectivity index (χ2v) is 4.86. The lowest BCUT2D eigenvalue weighted by Gasteiger charge is -2.04. The molecule has 100 valence electrons. The summed E-state index contributed by atoms with van der Waals surface area (Å²) in [4.78, 5) is 15.8. The number of halogens is 1. The van der Waals surface area contributed by atoms with Crippen LogP contribution < -0.4 is 5.32 Å². The van der Waals surface area contributed by atoms with Gasteiger partial charge in [0, 0.05) is 0 Å². The number of para-hydroxylation sites is 1. The second-order valence-electron chi connectivity index (χ2n) is 3.94. The number of nitrogens with zero attached hydrogens (tertiary/aromatic N) is 1. The Morgan fingerprint density at radius 1 is 1.42 bits per heavy atom. The fourth-order valence-electron chi connectivity index (χ4n) is 1.38. The highest BCUT2D eigenvalue weighted by Crippen LogP contribution is 2.20. The van der Waals surface area contributed by atoms with E-state index < -0.39 is 5.82 Å². The molecule has 1 heterocycles. The number of aryl methyl sites for hydroxylation is 2. The summed E-state index contributed by atoms with van der Waals surface area (Å²) in [5.74, 6) is 0.0950. The number of aromatic nitrogens is 1. The summed E-state index contributed by atoms with van der Waals surface area (Å²) in [5.41, 5.74) is 0.977. The van der Waals surface area contributed by atoms with Gasteiger partial charge in [0.15, 0.2) is 0 Å². The van der Waals surface area contributed by atoms with Crippen molar-refractivity contribution in [2.24, 2.45) is 0 Å². The van der Waals surface area contributed by atoms with Crippen molar-refractivity contribution in [3.63, 3.8) is 0 Å². The zero-order valence-electron chi connectivity index (χ0n) is 10.6. The maximum absolute atomic E-state index is 13.3. The van der Waals surface area contributed by atoms with Gasteiger partial charge >= 0.3 is 0 Å². The standard InChI is InChI=1S/C13H13FN2O2S/c1-8-9(2)18-13(15-8)19-7-12(17)16-11-6-4-3-5-10(11)14/h3-6H,7H2,1-2H3,(H,16,17). The number of anilines is 1. The molecule has 1 aromatic carbocycles. The van der Waals surface area contributed by atoms with Crippen LogP contribution in [0.3, 0.4) is 0 Å². The van der Waals surface area contributed by atoms with Crippen molar-refractivity contribution in [2.45, 2.75) is 19.1 Å². The normalized spacial score (nSPS) is 10.5. The number of carbonyl (C=O) groups excluding carboxylic acids is 1. The Morgan fingerprint density at radius 2 is 2.16 bits per heavy atom. The van der Waals surface area contributed by atoms with E-state index in [1.807, 2.05) is 13.8 Å². The first kappa shape index (κ1) is 13.6. The highest BCUT2D eigenvalue weighted by Gasteiger charge is 2.10. The molecule has 2 rings (SSSR count). The first-order valence-electron chi connectivity index (χ1n) is 5.67. The summed E-state index contributed by atoms with van der Waals surface area (Å²) >= 11 is 1.18. The average Bonchev–Trinajstić information content (AvgIpc) is 2.69. The quantitative estimate of drug-likeness (QED) is 0.874. The molecular weight excluding hydrogens is 267 g/mol. The monoisotopic (exact) mass is 280 g/mol. The van der Waals surface area contributed by atoms with Gasteiger partial charge in [-0.05, 0) is 26.0 Å². The minimum Gasteiger partial charge on any atom is -0.437 e. The molecule has 0 unspecified atom stereocenters. The number of amides is 1. The molecule has 1 aromatic heterocycles. The van der Waals surface area contributed by atoms with Gasteiger partial charge in [0.2, 0.25) is 5.91 Å². The third-order valence-electron chi connectivity index (χ3n) is 2.48. The summed E-state index contributed by atoms with van der Waals surface area (Å²) in [6, 6.07) is 6.03. The Labute approximate surface area is 114 Å². The lowest BCUT2D eigenvalue weighted by molar-refractivity contribution is -0.113. The fraction of sp³-hybridized carbons (Fsp3) is 0.231. The summed E-state index contributed by atoms with van der Waals surface area (Å²) in [5, 5.41) is 2.94. The summed E-state index contributed by atoms with van der Waals surface area (Å²) in [6.45, 7) is 3.65. The molecule has 0 saturated carbocycles. The Hall–Kier alpha value is -1.82. The summed E-state index contributed by atoms with van der Waals surface area (Å²) in [6.07, 6.45) is 0. The summed E-state index contributed by atoms with van der Waals surface area (Å²) in [7, 11) is 0. The minimum atomic E-state index is -0.455. The molecule has 0 aliphatic heterocycles. The van der Waals surface area contributed by atoms with Crippen LogP contribution in [0.15, 0.2) is 33.9 Å². The van der Waals surface area contributed by atoms with Crippen molar-refractivity contribution in [1.82, 2.24) is 4.98 Å². The van der Waals surface area contributed by atoms with Crippen LogP contribution in [0.5, 0.6) is 0 Å². The summed E-state index contributed by atoms with van der Waals surface area (Å²) < 4.78 is 18.7. The second kappa shape index (κ2) is 5.88. The largest absolute Gasteiger partial charge is 0.437 e. The number of nitrogens with one attached hydrogen (secondary N) is 1. The molecule has 0 bridgehead atoms. The molecule has 1 amide bonds. The van der Waals surface area contributed by atoms with Crippen molar-refractivity contribution in [1.29, 1.82) is 0 Å². The van der Waals surface area contributed by atoms with Gasteiger partial charge in [-0.1, -0.05) is 23.9 Å². The number of hydrogen-bond acceptors (Lipinski definition) is 4. The van der Waals surface area contributed by atoms with E-state index in [4.69, 9.17) is 4.42 Å². The van der Waals surface area contributed by atoms with Crippen LogP contribution in [-0.4, -0.2) is 16.6 Å². The van der Waals surface area contributed by atoms with E-state index >= 15 is 0 Å². The molecule has 0 fully saturated rings. The molecule has 0 atom stereocenters. The van der Waals surface area contributed by atoms with E-state index in [1.54, 1.807) is 12.1 Å². The van der Waals surface area contributed by atoms with Crippen LogP contribution >= 0.6 is 11.8 Å². The molecule has 1 N–H and O–H groups in total. The van der Waals surface area contributed by atoms with Crippen molar-refractivity contribution in [2.75, 3.05) is 11.1 Å². The molecule has 4 nitrogen and oxygen atoms in total. The minimum absolute atomic E-state index is 0.119. The first-order chi connectivity index (χ1) is 9.06. The Morgan fingerprint density at radius 3 is 2.79 bits per heavy atom. The van der Waals surface area contributed by atoms with Gasteiger partial charge in [-0.2, -0.15) is 0 Å². The number of carbonyl (C=O) groups is 1. The molecule has 0 aliphatic carbocycles. The van der Waals surface area contributed by atoms with Crippen LogP contribution in [-0.2, 0) is 4.79 Å². The van der Waals surface area contributed by atoms with Crippen molar-refractivity contribution in [3.8, 4) is 0 Å². The van der Waals surface area contributed by atoms with Gasteiger partial charge in [0.1, 0.15) is 11.6 Å². The number of benzene rings is 1. The molecule has 0 aliphatic rings. The Balaban J connectivity index is 1.90. The van der Waals surface area contributed by atoms with E-state index in [0.29, 0.717) is 5.22 Å². The van der Waals surface area contributed by atoms with Gasteiger partial charge in [-0.25, -0.2) is 9.37 Å². The third kappa shape index (κ3) is 3.57. The molecule has 0 spiro atoms. The molecule has 2 aromatic rings. The zero-order chi connectivity index (χ0) is 13.8. The van der Waals surface area contributed by atoms with Gasteiger partial charge in [0.05, 0.1) is 17.1 Å². The van der Waals surface area contributed by atoms with Crippen LogP contribution in [0, 0.1) is 19.7 Å². The number of thioether (sulfide) groups is 1. The number of rotatable bonds is 4. The van der Waals surface area contributed by atoms with Gasteiger partial charge in [-0.3, -0.25) is 4.79 Å². The lowest BCUT2D eigenvalue weighted by atomic mass is 10.3. The predicted molar refractivity (Wildman–Crippen MR) is 71.7 cm³/mol. The van der Waals surface area contributed by atoms with Crippen molar-refractivity contribution < 1.29 is 13.6 Å². The van der Waals surface area contributed by atoms with Gasteiger partial charge in [-0.15, -0.1) is 0 Å². The van der Waals surface area contributed by atoms with E-state index in [-0.39, 0.29) is 17.3 Å². The van der Waals surface area contributed by atoms with Gasteiger partial charge in [0.25, 0.3) is 5.22 Å². The third-order valence-corrected chi connectivity index (χ3v) is 3.31. The lowest BCUT2D eigenvalue weighted by Crippen LogP contribution is -2.14. The van der Waals surface area contributed by atoms with E-state index in [2.05, 4.69) is 10.3 Å². The smallest absolute Gasteiger partial charge is 0.256 e. The zero-order valence-corrected chi connectivity index (χ0v) is 11.4.